The molecule has 0 aliphatic heterocycles. The monoisotopic (exact) mass is 423 g/mol. The topological polar surface area (TPSA) is 29.1 Å². The lowest BCUT2D eigenvalue weighted by Crippen LogP contribution is -2.36. The molecule has 1 N–H and O–H groups in total. The van der Waals surface area contributed by atoms with Gasteiger partial charge >= 0.3 is 12.4 Å². The fourth-order valence-electron chi connectivity index (χ4n) is 2.40. The first-order valence-electron chi connectivity index (χ1n) is 8.22. The first-order chi connectivity index (χ1) is 12.7. The molecular weight excluding hydrogens is 404 g/mol. The zero-order chi connectivity index (χ0) is 21.3. The van der Waals surface area contributed by atoms with Gasteiger partial charge in [0, 0.05) is 0 Å². The summed E-state index contributed by atoms with van der Waals surface area (Å²) in [6.45, 7) is 4.93. The molecule has 2 aromatic rings. The van der Waals surface area contributed by atoms with Crippen LogP contribution in [-0.2, 0) is 23.3 Å². The highest BCUT2D eigenvalue weighted by Crippen LogP contribution is 2.35. The predicted octanol–water partition coefficient (Wildman–Crippen LogP) is 5.87. The Balaban J connectivity index is 2.57. The van der Waals surface area contributed by atoms with E-state index in [-0.39, 0.29) is 11.1 Å². The van der Waals surface area contributed by atoms with Gasteiger partial charge in [0.2, 0.25) is 0 Å². The largest absolute Gasteiger partial charge is 0.416 e. The van der Waals surface area contributed by atoms with E-state index in [1.807, 2.05) is 0 Å². The number of hydrogen-bond donors (Lipinski definition) is 1. The van der Waals surface area contributed by atoms with Crippen LogP contribution in [-0.4, -0.2) is 8.96 Å². The van der Waals surface area contributed by atoms with Crippen molar-refractivity contribution in [3.05, 3.63) is 70.8 Å². The molecule has 2 aromatic carbocycles. The van der Waals surface area contributed by atoms with Gasteiger partial charge in [-0.2, -0.15) is 26.3 Å². The van der Waals surface area contributed by atoms with Crippen molar-refractivity contribution in [2.24, 2.45) is 0 Å². The van der Waals surface area contributed by atoms with Gasteiger partial charge in [-0.25, -0.2) is 8.93 Å². The molecule has 154 valence electrons. The number of rotatable bonds is 4. The Labute approximate surface area is 161 Å². The number of benzene rings is 2. The second-order valence-corrected chi connectivity index (χ2v) is 9.18. The lowest BCUT2D eigenvalue weighted by Gasteiger charge is -2.26. The van der Waals surface area contributed by atoms with Crippen LogP contribution in [0.15, 0.2) is 48.5 Å². The fraction of sp³-hybridized carbons (Fsp3) is 0.368. The van der Waals surface area contributed by atoms with Gasteiger partial charge in [0.05, 0.1) is 32.9 Å². The predicted molar refractivity (Wildman–Crippen MR) is 95.8 cm³/mol. The first-order valence-corrected chi connectivity index (χ1v) is 9.37. The van der Waals surface area contributed by atoms with E-state index in [4.69, 9.17) is 0 Å². The fourth-order valence-corrected chi connectivity index (χ4v) is 3.24. The maximum absolute atomic E-state index is 13.1. The summed E-state index contributed by atoms with van der Waals surface area (Å²) < 4.78 is 92.9. The molecule has 9 heteroatoms. The minimum Gasteiger partial charge on any atom is -0.242 e. The number of halogens is 6. The van der Waals surface area contributed by atoms with E-state index in [1.54, 1.807) is 20.8 Å². The van der Waals surface area contributed by atoms with E-state index < -0.39 is 45.3 Å². The highest BCUT2D eigenvalue weighted by atomic mass is 32.2. The van der Waals surface area contributed by atoms with Crippen LogP contribution in [0.5, 0.6) is 0 Å². The smallest absolute Gasteiger partial charge is 0.242 e. The summed E-state index contributed by atoms with van der Waals surface area (Å²) in [6.07, 6.45) is -9.23. The lowest BCUT2D eigenvalue weighted by molar-refractivity contribution is -0.138. The standard InChI is InChI=1S/C19H19F6NOS/c1-17(2,3)28(27)26-16(12-6-4-8-14(10-12)18(20,21)22)13-7-5-9-15(11-13)19(23,24)25/h4-11,16,26H,1-3H3/t28-/m0/s1. The molecule has 0 saturated heterocycles. The van der Waals surface area contributed by atoms with Gasteiger partial charge in [0.25, 0.3) is 0 Å². The summed E-state index contributed by atoms with van der Waals surface area (Å²) in [6, 6.07) is 7.35. The summed E-state index contributed by atoms with van der Waals surface area (Å²) in [5.41, 5.74) is -1.76. The van der Waals surface area contributed by atoms with Crippen LogP contribution in [0.4, 0.5) is 26.3 Å². The van der Waals surface area contributed by atoms with E-state index in [0.29, 0.717) is 0 Å². The van der Waals surface area contributed by atoms with E-state index in [9.17, 15) is 30.6 Å². The van der Waals surface area contributed by atoms with Crippen molar-refractivity contribution in [3.63, 3.8) is 0 Å². The highest BCUT2D eigenvalue weighted by molar-refractivity contribution is 7.84. The minimum absolute atomic E-state index is 0.0618. The molecule has 0 heterocycles. The summed E-state index contributed by atoms with van der Waals surface area (Å²) in [7, 11) is -1.74. The van der Waals surface area contributed by atoms with Crippen LogP contribution < -0.4 is 4.72 Å². The Morgan fingerprint density at radius 3 is 1.50 bits per heavy atom. The van der Waals surface area contributed by atoms with Gasteiger partial charge in [-0.1, -0.05) is 24.3 Å². The summed E-state index contributed by atoms with van der Waals surface area (Å²) in [5, 5.41) is 0. The van der Waals surface area contributed by atoms with Gasteiger partial charge in [-0.3, -0.25) is 0 Å². The molecule has 0 spiro atoms. The number of hydrogen-bond acceptors (Lipinski definition) is 1. The average molecular weight is 423 g/mol. The van der Waals surface area contributed by atoms with Crippen LogP contribution in [0.1, 0.15) is 49.1 Å². The van der Waals surface area contributed by atoms with Crippen LogP contribution in [0.25, 0.3) is 0 Å². The van der Waals surface area contributed by atoms with E-state index >= 15 is 0 Å². The van der Waals surface area contributed by atoms with Crippen molar-refractivity contribution in [2.45, 2.75) is 43.9 Å². The van der Waals surface area contributed by atoms with E-state index in [0.717, 1.165) is 24.3 Å². The van der Waals surface area contributed by atoms with Crippen molar-refractivity contribution in [1.82, 2.24) is 4.72 Å². The Bertz CT molecular complexity index is 797. The highest BCUT2D eigenvalue weighted by Gasteiger charge is 2.34. The normalized spacial score (nSPS) is 14.4. The van der Waals surface area contributed by atoms with Gasteiger partial charge in [-0.05, 0) is 56.2 Å². The van der Waals surface area contributed by atoms with Crippen LogP contribution in [0, 0.1) is 0 Å². The number of nitrogens with one attached hydrogen (secondary N) is 1. The second kappa shape index (κ2) is 7.87. The van der Waals surface area contributed by atoms with Crippen LogP contribution in [0.2, 0.25) is 0 Å². The Morgan fingerprint density at radius 1 is 0.786 bits per heavy atom. The maximum Gasteiger partial charge on any atom is 0.416 e. The van der Waals surface area contributed by atoms with E-state index in [2.05, 4.69) is 4.72 Å². The molecule has 0 saturated carbocycles. The van der Waals surface area contributed by atoms with Crippen molar-refractivity contribution >= 4 is 11.0 Å². The lowest BCUT2D eigenvalue weighted by atomic mass is 9.96. The maximum atomic E-state index is 13.1. The van der Waals surface area contributed by atoms with Gasteiger partial charge < -0.3 is 0 Å². The molecule has 0 amide bonds. The third-order valence-corrected chi connectivity index (χ3v) is 5.44. The average Bonchev–Trinajstić information content (AvgIpc) is 2.57. The zero-order valence-electron chi connectivity index (χ0n) is 15.3. The van der Waals surface area contributed by atoms with Gasteiger partial charge in [-0.15, -0.1) is 0 Å². The Kier molecular flexibility index (Phi) is 6.30. The van der Waals surface area contributed by atoms with Crippen molar-refractivity contribution in [3.8, 4) is 0 Å². The quantitative estimate of drug-likeness (QED) is 0.613. The van der Waals surface area contributed by atoms with Crippen molar-refractivity contribution in [2.75, 3.05) is 0 Å². The molecule has 0 bridgehead atoms. The Morgan fingerprint density at radius 2 is 1.18 bits per heavy atom. The molecular formula is C19H19F6NOS. The van der Waals surface area contributed by atoms with Gasteiger partial charge in [0.1, 0.15) is 0 Å². The third kappa shape index (κ3) is 5.57. The van der Waals surface area contributed by atoms with Gasteiger partial charge in [0.15, 0.2) is 0 Å². The SMILES string of the molecule is CC(C)(C)[S@](=O)NC(c1cccc(C(F)(F)F)c1)c1cccc(C(F)(F)F)c1. The summed E-state index contributed by atoms with van der Waals surface area (Å²) >= 11 is 0. The molecule has 0 fully saturated rings. The molecule has 1 atom stereocenters. The number of alkyl halides is 6. The Hall–Kier alpha value is -1.87. The molecule has 0 aliphatic carbocycles. The first kappa shape index (κ1) is 22.4. The summed E-state index contributed by atoms with van der Waals surface area (Å²) in [5.74, 6) is 0. The van der Waals surface area contributed by atoms with Crippen LogP contribution >= 0.6 is 0 Å². The molecule has 0 unspecified atom stereocenters. The van der Waals surface area contributed by atoms with Crippen LogP contribution in [0.3, 0.4) is 0 Å². The molecule has 0 aliphatic rings. The zero-order valence-corrected chi connectivity index (χ0v) is 16.1. The molecule has 0 aromatic heterocycles. The minimum atomic E-state index is -4.61. The van der Waals surface area contributed by atoms with E-state index in [1.165, 1.54) is 24.3 Å². The van der Waals surface area contributed by atoms with Crippen molar-refractivity contribution in [1.29, 1.82) is 0 Å². The second-order valence-electron chi connectivity index (χ2n) is 7.18. The summed E-state index contributed by atoms with van der Waals surface area (Å²) in [4.78, 5) is 0. The van der Waals surface area contributed by atoms with Crippen molar-refractivity contribution < 1.29 is 30.6 Å². The molecule has 28 heavy (non-hydrogen) atoms. The molecule has 0 radical (unpaired) electrons. The third-order valence-electron chi connectivity index (χ3n) is 3.88. The molecule has 2 rings (SSSR count). The molecule has 2 nitrogen and oxygen atoms in total.